The third kappa shape index (κ3) is 3.32. The van der Waals surface area contributed by atoms with Crippen LogP contribution in [0.1, 0.15) is 6.23 Å². The van der Waals surface area contributed by atoms with Crippen LogP contribution >= 0.6 is 0 Å². The molecule has 1 fully saturated rings. The number of aliphatic hydroxyl groups is 3. The van der Waals surface area contributed by atoms with Crippen molar-refractivity contribution in [2.24, 2.45) is 14.1 Å². The number of aryl methyl sites for hydroxylation is 1. The Bertz CT molecular complexity index is 1390. The van der Waals surface area contributed by atoms with Crippen LogP contribution in [0, 0.1) is 0 Å². The number of rotatable bonds is 2. The van der Waals surface area contributed by atoms with Crippen molar-refractivity contribution in [3.63, 3.8) is 0 Å². The zero-order valence-corrected chi connectivity index (χ0v) is 17.0. The quantitative estimate of drug-likeness (QED) is 0.208. The Morgan fingerprint density at radius 1 is 1.09 bits per heavy atom. The Kier molecular flexibility index (Phi) is 5.47. The first-order chi connectivity index (χ1) is 15.3. The van der Waals surface area contributed by atoms with Gasteiger partial charge in [-0.3, -0.25) is 18.5 Å². The highest BCUT2D eigenvalue weighted by molar-refractivity contribution is 5.81. The van der Waals surface area contributed by atoms with Gasteiger partial charge in [-0.2, -0.15) is 0 Å². The number of nitrogen functional groups attached to an aromatic ring is 1. The van der Waals surface area contributed by atoms with E-state index in [1.165, 1.54) is 35.2 Å². The van der Waals surface area contributed by atoms with Gasteiger partial charge >= 0.3 is 5.69 Å². The number of aliphatic hydroxyl groups excluding tert-OH is 3. The summed E-state index contributed by atoms with van der Waals surface area (Å²) in [6, 6.07) is 0. The molecule has 4 aromatic rings. The number of nitrogens with one attached hydrogen (secondary N) is 1. The SMILES string of the molecule is Cn1c(=O)c2[nH]cnc2n(C)c1=O.Nc1ncnc2c1ncn2[C@@H]1O[C@H](CO)[C@@H](O)[C@H]1O. The van der Waals surface area contributed by atoms with Gasteiger partial charge in [-0.05, 0) is 0 Å². The molecule has 0 radical (unpaired) electrons. The van der Waals surface area contributed by atoms with Crippen LogP contribution < -0.4 is 17.0 Å². The topological polar surface area (TPSA) is 212 Å². The minimum Gasteiger partial charge on any atom is -0.394 e. The standard InChI is InChI=1S/C10H13N5O4.C7H8N4O2/c11-8-5-9(13-2-12-8)15(3-14-5)10-7(18)6(17)4(1-16)19-10;1-10-5-4(8-3-9-5)6(12)11(2)7(10)13/h2-4,6-7,10,16-18H,1H2,(H2,11,12,13);3H,1-2H3,(H,8,9)/t4-,6-,7-,10-;/m1./s1. The van der Waals surface area contributed by atoms with Crippen molar-refractivity contribution >= 4 is 28.1 Å². The normalized spacial score (nSPS) is 22.9. The van der Waals surface area contributed by atoms with Gasteiger partial charge < -0.3 is 30.8 Å². The zero-order valence-electron chi connectivity index (χ0n) is 17.0. The number of nitrogens with two attached hydrogens (primary N) is 1. The lowest BCUT2D eigenvalue weighted by atomic mass is 10.1. The predicted molar refractivity (Wildman–Crippen MR) is 109 cm³/mol. The highest BCUT2D eigenvalue weighted by atomic mass is 16.6. The molecule has 15 nitrogen and oxygen atoms in total. The largest absolute Gasteiger partial charge is 0.394 e. The van der Waals surface area contributed by atoms with Crippen molar-refractivity contribution in [1.82, 2.24) is 38.6 Å². The third-order valence-electron chi connectivity index (χ3n) is 5.21. The fourth-order valence-electron chi connectivity index (χ4n) is 3.44. The van der Waals surface area contributed by atoms with E-state index >= 15 is 0 Å². The lowest BCUT2D eigenvalue weighted by molar-refractivity contribution is -0.0511. The molecule has 0 spiro atoms. The van der Waals surface area contributed by atoms with Crippen molar-refractivity contribution in [3.05, 3.63) is 39.8 Å². The molecular formula is C17H21N9O6. The molecule has 0 bridgehead atoms. The van der Waals surface area contributed by atoms with Crippen molar-refractivity contribution in [1.29, 1.82) is 0 Å². The monoisotopic (exact) mass is 447 g/mol. The Balaban J connectivity index is 0.000000165. The number of fused-ring (bicyclic) bond motifs is 2. The second-order valence-corrected chi connectivity index (χ2v) is 7.12. The summed E-state index contributed by atoms with van der Waals surface area (Å²) < 4.78 is 9.22. The highest BCUT2D eigenvalue weighted by Crippen LogP contribution is 2.31. The second-order valence-electron chi connectivity index (χ2n) is 7.12. The van der Waals surface area contributed by atoms with E-state index in [-0.39, 0.29) is 17.1 Å². The summed E-state index contributed by atoms with van der Waals surface area (Å²) in [5.74, 6) is 0.218. The molecule has 1 aliphatic rings. The van der Waals surface area contributed by atoms with Crippen LogP contribution in [0.4, 0.5) is 5.82 Å². The molecule has 170 valence electrons. The maximum atomic E-state index is 11.4. The fraction of sp³-hybridized carbons (Fsp3) is 0.412. The van der Waals surface area contributed by atoms with Crippen LogP contribution in [-0.4, -0.2) is 78.9 Å². The van der Waals surface area contributed by atoms with Crippen molar-refractivity contribution in [3.8, 4) is 0 Å². The van der Waals surface area contributed by atoms with Gasteiger partial charge in [-0.15, -0.1) is 0 Å². The molecule has 0 aliphatic carbocycles. The van der Waals surface area contributed by atoms with E-state index in [2.05, 4.69) is 24.9 Å². The van der Waals surface area contributed by atoms with Gasteiger partial charge in [-0.25, -0.2) is 24.7 Å². The third-order valence-corrected chi connectivity index (χ3v) is 5.21. The number of ether oxygens (including phenoxy) is 1. The molecule has 6 N–H and O–H groups in total. The molecule has 4 aromatic heterocycles. The second kappa shape index (κ2) is 8.12. The molecule has 5 rings (SSSR count). The Morgan fingerprint density at radius 2 is 1.84 bits per heavy atom. The lowest BCUT2D eigenvalue weighted by Crippen LogP contribution is -2.36. The molecule has 0 amide bonds. The molecule has 0 aromatic carbocycles. The zero-order chi connectivity index (χ0) is 23.2. The Morgan fingerprint density at radius 3 is 2.53 bits per heavy atom. The maximum Gasteiger partial charge on any atom is 0.332 e. The molecule has 0 saturated carbocycles. The van der Waals surface area contributed by atoms with Gasteiger partial charge in [-0.1, -0.05) is 0 Å². The number of hydrogen-bond acceptors (Lipinski definition) is 11. The van der Waals surface area contributed by atoms with Gasteiger partial charge in [0.2, 0.25) is 0 Å². The summed E-state index contributed by atoms with van der Waals surface area (Å²) in [5, 5.41) is 28.7. The summed E-state index contributed by atoms with van der Waals surface area (Å²) in [6.45, 7) is -0.390. The van der Waals surface area contributed by atoms with Gasteiger partial charge in [0.15, 0.2) is 23.3 Å². The number of aromatic amines is 1. The predicted octanol–water partition coefficient (Wildman–Crippen LogP) is -3.02. The summed E-state index contributed by atoms with van der Waals surface area (Å²) in [6.07, 6.45) is -0.0286. The highest BCUT2D eigenvalue weighted by Gasteiger charge is 2.43. The van der Waals surface area contributed by atoms with Crippen LogP contribution in [0.3, 0.4) is 0 Å². The summed E-state index contributed by atoms with van der Waals surface area (Å²) in [4.78, 5) is 41.3. The number of aromatic nitrogens is 8. The average molecular weight is 447 g/mol. The van der Waals surface area contributed by atoms with Gasteiger partial charge in [0.05, 0.1) is 19.3 Å². The van der Waals surface area contributed by atoms with Crippen molar-refractivity contribution < 1.29 is 20.1 Å². The average Bonchev–Trinajstić information content (AvgIpc) is 3.51. The maximum absolute atomic E-state index is 11.4. The Hall–Kier alpha value is -3.66. The van der Waals surface area contributed by atoms with E-state index in [0.29, 0.717) is 22.3 Å². The number of hydrogen-bond donors (Lipinski definition) is 5. The van der Waals surface area contributed by atoms with E-state index in [9.17, 15) is 19.8 Å². The van der Waals surface area contributed by atoms with E-state index < -0.39 is 31.1 Å². The summed E-state index contributed by atoms with van der Waals surface area (Å²) in [5.41, 5.74) is 6.46. The smallest absolute Gasteiger partial charge is 0.332 e. The van der Waals surface area contributed by atoms with Crippen LogP contribution in [0.25, 0.3) is 22.3 Å². The summed E-state index contributed by atoms with van der Waals surface area (Å²) >= 11 is 0. The molecule has 4 atom stereocenters. The minimum absolute atomic E-state index is 0.218. The minimum atomic E-state index is -1.19. The molecule has 15 heteroatoms. The number of imidazole rings is 2. The molecule has 1 saturated heterocycles. The summed E-state index contributed by atoms with van der Waals surface area (Å²) in [7, 11) is 3.01. The van der Waals surface area contributed by atoms with Crippen molar-refractivity contribution in [2.75, 3.05) is 12.3 Å². The van der Waals surface area contributed by atoms with Crippen LogP contribution in [0.2, 0.25) is 0 Å². The molecule has 32 heavy (non-hydrogen) atoms. The fourth-order valence-corrected chi connectivity index (χ4v) is 3.44. The number of anilines is 1. The van der Waals surface area contributed by atoms with Crippen LogP contribution in [0.5, 0.6) is 0 Å². The van der Waals surface area contributed by atoms with E-state index in [1.54, 1.807) is 7.05 Å². The van der Waals surface area contributed by atoms with E-state index in [4.69, 9.17) is 15.6 Å². The molecule has 5 heterocycles. The van der Waals surface area contributed by atoms with E-state index in [0.717, 1.165) is 4.57 Å². The molecule has 0 unspecified atom stereocenters. The number of nitrogens with zero attached hydrogens (tertiary/aromatic N) is 7. The number of H-pyrrole nitrogens is 1. The first kappa shape index (κ1) is 21.6. The van der Waals surface area contributed by atoms with Crippen LogP contribution in [0.15, 0.2) is 28.6 Å². The first-order valence-corrected chi connectivity index (χ1v) is 9.40. The Labute approximate surface area is 178 Å². The van der Waals surface area contributed by atoms with Crippen LogP contribution in [-0.2, 0) is 18.8 Å². The van der Waals surface area contributed by atoms with E-state index in [1.807, 2.05) is 0 Å². The van der Waals surface area contributed by atoms with Gasteiger partial charge in [0.25, 0.3) is 5.56 Å². The molecule has 1 aliphatic heterocycles. The van der Waals surface area contributed by atoms with Gasteiger partial charge in [0, 0.05) is 14.1 Å². The first-order valence-electron chi connectivity index (χ1n) is 9.40. The van der Waals surface area contributed by atoms with Crippen molar-refractivity contribution in [2.45, 2.75) is 24.5 Å². The lowest BCUT2D eigenvalue weighted by Gasteiger charge is -2.16. The van der Waals surface area contributed by atoms with Gasteiger partial charge in [0.1, 0.15) is 35.7 Å². The molecular weight excluding hydrogens is 426 g/mol.